The van der Waals surface area contributed by atoms with Gasteiger partial charge < -0.3 is 10.2 Å². The first-order valence-corrected chi connectivity index (χ1v) is 7.85. The summed E-state index contributed by atoms with van der Waals surface area (Å²) < 4.78 is 14.0. The third kappa shape index (κ3) is 4.01. The number of hydrogen-bond acceptors (Lipinski definition) is 3. The zero-order valence-corrected chi connectivity index (χ0v) is 14.0. The molecule has 1 amide bonds. The van der Waals surface area contributed by atoms with Crippen molar-refractivity contribution in [2.24, 2.45) is 0 Å². The summed E-state index contributed by atoms with van der Waals surface area (Å²) in [6.07, 6.45) is 3.37. The van der Waals surface area contributed by atoms with Crippen molar-refractivity contribution in [3.05, 3.63) is 83.9 Å². The molecule has 126 valence electrons. The summed E-state index contributed by atoms with van der Waals surface area (Å²) in [7, 11) is 1.82. The van der Waals surface area contributed by atoms with Crippen molar-refractivity contribution in [3.63, 3.8) is 0 Å². The van der Waals surface area contributed by atoms with E-state index in [1.54, 1.807) is 35.5 Å². The lowest BCUT2D eigenvalue weighted by Crippen LogP contribution is -2.14. The highest BCUT2D eigenvalue weighted by atomic mass is 19.1. The molecule has 0 saturated heterocycles. The van der Waals surface area contributed by atoms with Crippen molar-refractivity contribution in [1.29, 1.82) is 0 Å². The zero-order chi connectivity index (χ0) is 17.8. The Hall–Kier alpha value is -3.21. The van der Waals surface area contributed by atoms with E-state index in [2.05, 4.69) is 10.3 Å². The minimum atomic E-state index is -0.423. The summed E-state index contributed by atoms with van der Waals surface area (Å²) in [5, 5.41) is 2.75. The second kappa shape index (κ2) is 7.13. The first-order valence-electron chi connectivity index (χ1n) is 7.85. The molecule has 0 bridgehead atoms. The molecule has 0 fully saturated rings. The maximum Gasteiger partial charge on any atom is 0.255 e. The average molecular weight is 335 g/mol. The summed E-state index contributed by atoms with van der Waals surface area (Å²) in [6.45, 7) is 1.92. The third-order valence-corrected chi connectivity index (χ3v) is 3.84. The highest BCUT2D eigenvalue weighted by Crippen LogP contribution is 2.27. The van der Waals surface area contributed by atoms with Crippen LogP contribution < -0.4 is 10.2 Å². The molecule has 2 aromatic carbocycles. The van der Waals surface area contributed by atoms with Crippen LogP contribution in [0.25, 0.3) is 0 Å². The molecule has 0 saturated carbocycles. The van der Waals surface area contributed by atoms with E-state index in [4.69, 9.17) is 0 Å². The summed E-state index contributed by atoms with van der Waals surface area (Å²) in [4.78, 5) is 18.2. The van der Waals surface area contributed by atoms with Crippen LogP contribution in [-0.4, -0.2) is 17.9 Å². The molecule has 1 heterocycles. The monoisotopic (exact) mass is 335 g/mol. The third-order valence-electron chi connectivity index (χ3n) is 3.84. The summed E-state index contributed by atoms with van der Waals surface area (Å²) in [6, 6.07) is 15.4. The summed E-state index contributed by atoms with van der Waals surface area (Å²) >= 11 is 0. The molecule has 25 heavy (non-hydrogen) atoms. The smallest absolute Gasteiger partial charge is 0.255 e. The van der Waals surface area contributed by atoms with E-state index < -0.39 is 5.82 Å². The van der Waals surface area contributed by atoms with Crippen molar-refractivity contribution in [1.82, 2.24) is 4.98 Å². The lowest BCUT2D eigenvalue weighted by molar-refractivity contribution is 0.102. The molecule has 5 heteroatoms. The number of nitrogens with zero attached hydrogens (tertiary/aromatic N) is 2. The van der Waals surface area contributed by atoms with Gasteiger partial charge in [0.2, 0.25) is 0 Å². The van der Waals surface area contributed by atoms with Crippen LogP contribution in [0.1, 0.15) is 15.9 Å². The summed E-state index contributed by atoms with van der Waals surface area (Å²) in [5.74, 6) is -0.697. The first kappa shape index (κ1) is 16.6. The Morgan fingerprint density at radius 2 is 1.92 bits per heavy atom. The van der Waals surface area contributed by atoms with Gasteiger partial charge in [-0.1, -0.05) is 17.7 Å². The van der Waals surface area contributed by atoms with E-state index in [0.717, 1.165) is 11.3 Å². The Morgan fingerprint density at radius 3 is 2.64 bits per heavy atom. The van der Waals surface area contributed by atoms with Gasteiger partial charge in [0.05, 0.1) is 11.9 Å². The highest BCUT2D eigenvalue weighted by molar-refractivity contribution is 6.04. The quantitative estimate of drug-likeness (QED) is 0.761. The number of rotatable bonds is 4. The molecule has 3 rings (SSSR count). The van der Waals surface area contributed by atoms with Crippen molar-refractivity contribution in [2.75, 3.05) is 17.3 Å². The number of pyridine rings is 1. The van der Waals surface area contributed by atoms with Gasteiger partial charge in [0.15, 0.2) is 0 Å². The molecule has 4 nitrogen and oxygen atoms in total. The van der Waals surface area contributed by atoms with Gasteiger partial charge in [0.1, 0.15) is 5.82 Å². The van der Waals surface area contributed by atoms with E-state index in [-0.39, 0.29) is 5.91 Å². The van der Waals surface area contributed by atoms with Crippen LogP contribution in [-0.2, 0) is 0 Å². The molecular formula is C20H18FN3O. The Bertz CT molecular complexity index is 896. The van der Waals surface area contributed by atoms with Gasteiger partial charge in [0.25, 0.3) is 5.91 Å². The number of benzene rings is 2. The van der Waals surface area contributed by atoms with E-state index >= 15 is 0 Å². The van der Waals surface area contributed by atoms with Crippen LogP contribution >= 0.6 is 0 Å². The SMILES string of the molecule is Cc1cccc(C(=O)Nc2cc(F)cc(N(C)c3cccnc3)c2)c1. The van der Waals surface area contributed by atoms with E-state index in [9.17, 15) is 9.18 Å². The van der Waals surface area contributed by atoms with Crippen molar-refractivity contribution < 1.29 is 9.18 Å². The zero-order valence-electron chi connectivity index (χ0n) is 14.0. The fourth-order valence-electron chi connectivity index (χ4n) is 2.53. The minimum absolute atomic E-state index is 0.274. The van der Waals surface area contributed by atoms with Crippen molar-refractivity contribution >= 4 is 23.0 Å². The predicted molar refractivity (Wildman–Crippen MR) is 97.8 cm³/mol. The molecule has 0 spiro atoms. The fraction of sp³-hybridized carbons (Fsp3) is 0.100. The topological polar surface area (TPSA) is 45.2 Å². The Kier molecular flexibility index (Phi) is 4.75. The van der Waals surface area contributed by atoms with Crippen LogP contribution in [0.4, 0.5) is 21.5 Å². The predicted octanol–water partition coefficient (Wildman–Crippen LogP) is 4.55. The van der Waals surface area contributed by atoms with Crippen LogP contribution in [0.2, 0.25) is 0 Å². The fourth-order valence-corrected chi connectivity index (χ4v) is 2.53. The van der Waals surface area contributed by atoms with Gasteiger partial charge in [-0.15, -0.1) is 0 Å². The van der Waals surface area contributed by atoms with Crippen molar-refractivity contribution in [2.45, 2.75) is 6.92 Å². The van der Waals surface area contributed by atoms with Gasteiger partial charge in [-0.25, -0.2) is 4.39 Å². The lowest BCUT2D eigenvalue weighted by atomic mass is 10.1. The van der Waals surface area contributed by atoms with Gasteiger partial charge in [-0.2, -0.15) is 0 Å². The normalized spacial score (nSPS) is 10.4. The van der Waals surface area contributed by atoms with E-state index in [0.29, 0.717) is 16.9 Å². The Balaban J connectivity index is 1.85. The van der Waals surface area contributed by atoms with Crippen LogP contribution in [0.3, 0.4) is 0 Å². The standard InChI is InChI=1S/C20H18FN3O/c1-14-5-3-6-15(9-14)20(25)23-17-10-16(21)11-19(12-17)24(2)18-7-4-8-22-13-18/h3-13H,1-2H3,(H,23,25). The lowest BCUT2D eigenvalue weighted by Gasteiger charge is -2.20. The largest absolute Gasteiger partial charge is 0.343 e. The summed E-state index contributed by atoms with van der Waals surface area (Å²) in [5.41, 5.74) is 3.36. The van der Waals surface area contributed by atoms with Gasteiger partial charge in [-0.3, -0.25) is 9.78 Å². The number of hydrogen-bond donors (Lipinski definition) is 1. The maximum absolute atomic E-state index is 14.0. The number of carbonyl (C=O) groups is 1. The van der Waals surface area contributed by atoms with Crippen LogP contribution in [0.5, 0.6) is 0 Å². The number of aromatic nitrogens is 1. The molecule has 0 radical (unpaired) electrons. The van der Waals surface area contributed by atoms with E-state index in [1.165, 1.54) is 12.1 Å². The number of aryl methyl sites for hydroxylation is 1. The van der Waals surface area contributed by atoms with Gasteiger partial charge in [0, 0.05) is 30.2 Å². The highest BCUT2D eigenvalue weighted by Gasteiger charge is 2.11. The Labute approximate surface area is 145 Å². The second-order valence-corrected chi connectivity index (χ2v) is 5.79. The number of amides is 1. The molecule has 0 unspecified atom stereocenters. The molecule has 0 aliphatic rings. The molecule has 0 aliphatic heterocycles. The van der Waals surface area contributed by atoms with Crippen LogP contribution in [0.15, 0.2) is 67.0 Å². The van der Waals surface area contributed by atoms with Crippen LogP contribution in [0, 0.1) is 12.7 Å². The molecule has 1 aromatic heterocycles. The van der Waals surface area contributed by atoms with E-state index in [1.807, 2.05) is 38.2 Å². The average Bonchev–Trinajstić information content (AvgIpc) is 2.61. The van der Waals surface area contributed by atoms with Gasteiger partial charge in [-0.05, 0) is 49.4 Å². The molecule has 1 N–H and O–H groups in total. The molecular weight excluding hydrogens is 317 g/mol. The molecule has 0 aliphatic carbocycles. The molecule has 0 atom stereocenters. The van der Waals surface area contributed by atoms with Crippen molar-refractivity contribution in [3.8, 4) is 0 Å². The Morgan fingerprint density at radius 1 is 1.08 bits per heavy atom. The molecule has 3 aromatic rings. The minimum Gasteiger partial charge on any atom is -0.343 e. The number of nitrogens with one attached hydrogen (secondary N) is 1. The second-order valence-electron chi connectivity index (χ2n) is 5.79. The first-order chi connectivity index (χ1) is 12.0. The van der Waals surface area contributed by atoms with Gasteiger partial charge >= 0.3 is 0 Å². The maximum atomic E-state index is 14.0. The number of halogens is 1. The number of carbonyl (C=O) groups excluding carboxylic acids is 1. The number of anilines is 3.